The van der Waals surface area contributed by atoms with E-state index in [4.69, 9.17) is 5.73 Å². The third kappa shape index (κ3) is 2.88. The Labute approximate surface area is 98.3 Å². The molecule has 0 atom stereocenters. The first-order valence-corrected chi connectivity index (χ1v) is 4.60. The van der Waals surface area contributed by atoms with Gasteiger partial charge in [0.05, 0.1) is 11.1 Å². The second kappa shape index (κ2) is 4.79. The minimum absolute atomic E-state index is 0.355. The van der Waals surface area contributed by atoms with Gasteiger partial charge >= 0.3 is 12.8 Å². The summed E-state index contributed by atoms with van der Waals surface area (Å²) in [6, 6.07) is 1.30. The monoisotopic (exact) mass is 269 g/mol. The van der Waals surface area contributed by atoms with Crippen molar-refractivity contribution in [2.75, 3.05) is 5.73 Å². The van der Waals surface area contributed by atoms with Crippen LogP contribution in [0, 0.1) is 0 Å². The molecule has 0 aliphatic heterocycles. The molecule has 0 amide bonds. The molecule has 0 aromatic heterocycles. The van der Waals surface area contributed by atoms with Gasteiger partial charge in [0, 0.05) is 5.69 Å². The number of carbonyl (C=O) groups is 1. The van der Waals surface area contributed by atoms with Gasteiger partial charge in [0.2, 0.25) is 0 Å². The molecule has 2 N–H and O–H groups in total. The molecule has 8 heteroatoms. The van der Waals surface area contributed by atoms with E-state index in [2.05, 4.69) is 4.74 Å². The largest absolute Gasteiger partial charge is 0.433 e. The number of rotatable bonds is 3. The molecule has 0 aliphatic carbocycles. The Bertz CT molecular complexity index is 470. The van der Waals surface area contributed by atoms with Crippen LogP contribution in [0.3, 0.4) is 0 Å². The minimum Gasteiger partial charge on any atom is -0.433 e. The van der Waals surface area contributed by atoms with Gasteiger partial charge < -0.3 is 10.5 Å². The van der Waals surface area contributed by atoms with Crippen molar-refractivity contribution < 1.29 is 31.5 Å². The van der Waals surface area contributed by atoms with Gasteiger partial charge in [-0.05, 0) is 19.1 Å². The quantitative estimate of drug-likeness (QED) is 0.521. The Morgan fingerprint density at radius 3 is 2.28 bits per heavy atom. The minimum atomic E-state index is -4.93. The van der Waals surface area contributed by atoms with Gasteiger partial charge in [0.1, 0.15) is 0 Å². The first kappa shape index (κ1) is 14.2. The van der Waals surface area contributed by atoms with E-state index in [1.54, 1.807) is 0 Å². The van der Waals surface area contributed by atoms with Crippen molar-refractivity contribution in [2.45, 2.75) is 19.7 Å². The summed E-state index contributed by atoms with van der Waals surface area (Å²) in [5.41, 5.74) is 2.77. The van der Waals surface area contributed by atoms with Crippen molar-refractivity contribution in [3.63, 3.8) is 0 Å². The number of ether oxygens (including phenoxy) is 1. The summed E-state index contributed by atoms with van der Waals surface area (Å²) in [5.74, 6) is -2.14. The number of nitrogen functional groups attached to an aromatic ring is 1. The lowest BCUT2D eigenvalue weighted by atomic mass is 10.0. The van der Waals surface area contributed by atoms with E-state index < -0.39 is 35.4 Å². The summed E-state index contributed by atoms with van der Waals surface area (Å²) in [4.78, 5) is 11.2. The molecule has 3 nitrogen and oxygen atoms in total. The summed E-state index contributed by atoms with van der Waals surface area (Å²) < 4.78 is 65.8. The lowest BCUT2D eigenvalue weighted by Gasteiger charge is -2.17. The third-order valence-electron chi connectivity index (χ3n) is 2.05. The number of nitrogens with two attached hydrogens (primary N) is 1. The predicted octanol–water partition coefficient (Wildman–Crippen LogP) is 3.09. The van der Waals surface area contributed by atoms with Crippen LogP contribution in [0.4, 0.5) is 27.6 Å². The summed E-state index contributed by atoms with van der Waals surface area (Å²) in [7, 11) is 0. The summed E-state index contributed by atoms with van der Waals surface area (Å²) >= 11 is 0. The van der Waals surface area contributed by atoms with Crippen LogP contribution >= 0.6 is 0 Å². The number of hydrogen-bond acceptors (Lipinski definition) is 3. The number of carbonyl (C=O) groups excluding carboxylic acids is 1. The Kier molecular flexibility index (Phi) is 3.78. The van der Waals surface area contributed by atoms with Crippen molar-refractivity contribution in [1.29, 1.82) is 0 Å². The van der Waals surface area contributed by atoms with Gasteiger partial charge in [-0.2, -0.15) is 22.0 Å². The third-order valence-corrected chi connectivity index (χ3v) is 2.05. The molecule has 0 spiro atoms. The van der Waals surface area contributed by atoms with Crippen LogP contribution in [0.25, 0.3) is 0 Å². The Hall–Kier alpha value is -1.86. The molecule has 0 heterocycles. The SMILES string of the molecule is CC(=O)c1c(N)ccc(C(F)(F)F)c1OC(F)F. The lowest BCUT2D eigenvalue weighted by molar-refractivity contribution is -0.141. The van der Waals surface area contributed by atoms with Crippen molar-refractivity contribution in [3.05, 3.63) is 23.3 Å². The summed E-state index contributed by atoms with van der Waals surface area (Å²) in [5, 5.41) is 0. The highest BCUT2D eigenvalue weighted by Gasteiger charge is 2.37. The zero-order chi connectivity index (χ0) is 14.1. The van der Waals surface area contributed by atoms with Crippen molar-refractivity contribution in [3.8, 4) is 5.75 Å². The molecule has 1 rings (SSSR count). The number of hydrogen-bond donors (Lipinski definition) is 1. The van der Waals surface area contributed by atoms with Crippen LogP contribution in [-0.2, 0) is 6.18 Å². The standard InChI is InChI=1S/C10H8F5NO2/c1-4(17)7-6(16)3-2-5(10(13,14)15)8(7)18-9(11)12/h2-3,9H,16H2,1H3. The second-order valence-corrected chi connectivity index (χ2v) is 3.34. The predicted molar refractivity (Wildman–Crippen MR) is 52.5 cm³/mol. The zero-order valence-electron chi connectivity index (χ0n) is 9.02. The van der Waals surface area contributed by atoms with Gasteiger partial charge in [0.15, 0.2) is 11.5 Å². The average Bonchev–Trinajstić information content (AvgIpc) is 2.13. The maximum absolute atomic E-state index is 12.6. The van der Waals surface area contributed by atoms with Gasteiger partial charge in [0.25, 0.3) is 0 Å². The Morgan fingerprint density at radius 2 is 1.89 bits per heavy atom. The van der Waals surface area contributed by atoms with Gasteiger partial charge in [-0.15, -0.1) is 0 Å². The molecule has 0 unspecified atom stereocenters. The van der Waals surface area contributed by atoms with E-state index in [1.165, 1.54) is 0 Å². The van der Waals surface area contributed by atoms with E-state index in [9.17, 15) is 26.7 Å². The summed E-state index contributed by atoms with van der Waals surface area (Å²) in [6.07, 6.45) is -4.93. The Morgan fingerprint density at radius 1 is 1.33 bits per heavy atom. The maximum Gasteiger partial charge on any atom is 0.419 e. The van der Waals surface area contributed by atoms with Crippen LogP contribution in [0.2, 0.25) is 0 Å². The molecular weight excluding hydrogens is 261 g/mol. The van der Waals surface area contributed by atoms with E-state index in [0.29, 0.717) is 6.07 Å². The highest BCUT2D eigenvalue weighted by Crippen LogP contribution is 2.41. The van der Waals surface area contributed by atoms with Crippen molar-refractivity contribution in [2.24, 2.45) is 0 Å². The summed E-state index contributed by atoms with van der Waals surface area (Å²) in [6.45, 7) is -2.59. The van der Waals surface area contributed by atoms with Gasteiger partial charge in [-0.3, -0.25) is 4.79 Å². The van der Waals surface area contributed by atoms with Crippen LogP contribution in [0.1, 0.15) is 22.8 Å². The zero-order valence-corrected chi connectivity index (χ0v) is 9.02. The molecule has 0 fully saturated rings. The van der Waals surface area contributed by atoms with Crippen LogP contribution in [0.5, 0.6) is 5.75 Å². The normalized spacial score (nSPS) is 11.7. The van der Waals surface area contributed by atoms with Crippen molar-refractivity contribution >= 4 is 11.5 Å². The molecule has 0 aliphatic rings. The molecule has 1 aromatic carbocycles. The van der Waals surface area contributed by atoms with Crippen molar-refractivity contribution in [1.82, 2.24) is 0 Å². The number of Topliss-reactive ketones (excluding diaryl/α,β-unsaturated/α-hetero) is 1. The molecule has 0 saturated carbocycles. The molecule has 1 aromatic rings. The second-order valence-electron chi connectivity index (χ2n) is 3.34. The highest BCUT2D eigenvalue weighted by molar-refractivity contribution is 6.02. The Balaban J connectivity index is 3.54. The van der Waals surface area contributed by atoms with E-state index in [1.807, 2.05) is 0 Å². The molecule has 0 radical (unpaired) electrons. The van der Waals surface area contributed by atoms with E-state index >= 15 is 0 Å². The molecule has 0 saturated heterocycles. The van der Waals surface area contributed by atoms with Crippen LogP contribution in [-0.4, -0.2) is 12.4 Å². The fourth-order valence-corrected chi connectivity index (χ4v) is 1.40. The smallest absolute Gasteiger partial charge is 0.419 e. The fraction of sp³-hybridized carbons (Fsp3) is 0.300. The van der Waals surface area contributed by atoms with Gasteiger partial charge in [-0.25, -0.2) is 0 Å². The number of anilines is 1. The molecule has 0 bridgehead atoms. The first-order valence-electron chi connectivity index (χ1n) is 4.60. The molecule has 100 valence electrons. The highest BCUT2D eigenvalue weighted by atomic mass is 19.4. The number of ketones is 1. The number of benzene rings is 1. The topological polar surface area (TPSA) is 52.3 Å². The number of alkyl halides is 5. The van der Waals surface area contributed by atoms with Gasteiger partial charge in [-0.1, -0.05) is 0 Å². The average molecular weight is 269 g/mol. The molecule has 18 heavy (non-hydrogen) atoms. The van der Waals surface area contributed by atoms with Crippen LogP contribution < -0.4 is 10.5 Å². The fourth-order valence-electron chi connectivity index (χ4n) is 1.40. The lowest BCUT2D eigenvalue weighted by Crippen LogP contribution is -2.16. The van der Waals surface area contributed by atoms with Crippen LogP contribution in [0.15, 0.2) is 12.1 Å². The molecular formula is C10H8F5NO2. The van der Waals surface area contributed by atoms with E-state index in [-0.39, 0.29) is 5.69 Å². The van der Waals surface area contributed by atoms with E-state index in [0.717, 1.165) is 13.0 Å². The first-order chi connectivity index (χ1) is 8.14. The maximum atomic E-state index is 12.6. The number of halogens is 5.